The van der Waals surface area contributed by atoms with Gasteiger partial charge in [-0.05, 0) is 97.2 Å². The van der Waals surface area contributed by atoms with E-state index in [0.717, 1.165) is 29.4 Å². The molecule has 166 valence electrons. The highest BCUT2D eigenvalue weighted by atomic mass is 19.1. The molecule has 0 amide bonds. The number of aryl methyl sites for hydroxylation is 1. The van der Waals surface area contributed by atoms with Crippen LogP contribution in [0.3, 0.4) is 0 Å². The van der Waals surface area contributed by atoms with Gasteiger partial charge in [0.2, 0.25) is 0 Å². The third-order valence-electron chi connectivity index (χ3n) is 6.80. The second-order valence-corrected chi connectivity index (χ2v) is 8.91. The fraction of sp³-hybridized carbons (Fsp3) is 0.333. The lowest BCUT2D eigenvalue weighted by molar-refractivity contribution is 0.296. The summed E-state index contributed by atoms with van der Waals surface area (Å²) in [6, 6.07) is 22.4. The van der Waals surface area contributed by atoms with Crippen molar-refractivity contribution in [2.75, 3.05) is 6.61 Å². The van der Waals surface area contributed by atoms with Gasteiger partial charge in [-0.25, -0.2) is 4.39 Å². The summed E-state index contributed by atoms with van der Waals surface area (Å²) in [6.45, 7) is 6.26. The Hall–Kier alpha value is -2.87. The van der Waals surface area contributed by atoms with Crippen molar-refractivity contribution in [1.82, 2.24) is 0 Å². The predicted octanol–water partition coefficient (Wildman–Crippen LogP) is 8.48. The van der Waals surface area contributed by atoms with Crippen LogP contribution in [0.1, 0.15) is 44.6 Å². The highest BCUT2D eigenvalue weighted by Crippen LogP contribution is 2.32. The van der Waals surface area contributed by atoms with E-state index in [1.54, 1.807) is 12.1 Å². The Bertz CT molecular complexity index is 1010. The van der Waals surface area contributed by atoms with E-state index in [9.17, 15) is 4.39 Å². The molecule has 1 aliphatic carbocycles. The lowest BCUT2D eigenvalue weighted by Gasteiger charge is -2.26. The monoisotopic (exact) mass is 428 g/mol. The van der Waals surface area contributed by atoms with Gasteiger partial charge < -0.3 is 4.74 Å². The minimum atomic E-state index is -0.322. The number of halogens is 1. The zero-order valence-electron chi connectivity index (χ0n) is 19.0. The van der Waals surface area contributed by atoms with Gasteiger partial charge in [0.25, 0.3) is 0 Å². The van der Waals surface area contributed by atoms with Crippen molar-refractivity contribution in [1.29, 1.82) is 0 Å². The van der Waals surface area contributed by atoms with E-state index in [1.807, 2.05) is 13.0 Å². The first-order chi connectivity index (χ1) is 15.7. The predicted molar refractivity (Wildman–Crippen MR) is 132 cm³/mol. The van der Waals surface area contributed by atoms with Gasteiger partial charge in [0.05, 0.1) is 6.61 Å². The number of ether oxygens (including phenoxy) is 1. The molecule has 0 saturated heterocycles. The Morgan fingerprint density at radius 1 is 0.844 bits per heavy atom. The maximum Gasteiger partial charge on any atom is 0.165 e. The average Bonchev–Trinajstić information content (AvgIpc) is 2.85. The maximum absolute atomic E-state index is 14.2. The summed E-state index contributed by atoms with van der Waals surface area (Å²) in [4.78, 5) is 0. The molecule has 0 spiro atoms. The van der Waals surface area contributed by atoms with Crippen LogP contribution in [0.4, 0.5) is 4.39 Å². The standard InChI is InChI=1S/C30H33FO/c1-3-22-5-7-23(8-6-22)9-10-24-11-13-25(14-12-24)26-15-17-27(18-16-26)28-19-20-30(32-4-2)29(31)21-28/h3,11-23H,1,4-10H2,2H3. The molecule has 0 aromatic heterocycles. The smallest absolute Gasteiger partial charge is 0.165 e. The van der Waals surface area contributed by atoms with Crippen LogP contribution in [0, 0.1) is 17.7 Å². The average molecular weight is 429 g/mol. The molecule has 4 rings (SSSR count). The molecule has 0 aliphatic heterocycles. The molecule has 1 nitrogen and oxygen atoms in total. The lowest BCUT2D eigenvalue weighted by atomic mass is 9.79. The van der Waals surface area contributed by atoms with Crippen LogP contribution in [0.2, 0.25) is 0 Å². The van der Waals surface area contributed by atoms with Crippen LogP contribution >= 0.6 is 0 Å². The van der Waals surface area contributed by atoms with Crippen molar-refractivity contribution in [3.8, 4) is 28.0 Å². The Kier molecular flexibility index (Phi) is 7.42. The van der Waals surface area contributed by atoms with Gasteiger partial charge >= 0.3 is 0 Å². The summed E-state index contributed by atoms with van der Waals surface area (Å²) >= 11 is 0. The van der Waals surface area contributed by atoms with Crippen molar-refractivity contribution >= 4 is 0 Å². The van der Waals surface area contributed by atoms with Gasteiger partial charge in [0.15, 0.2) is 11.6 Å². The molecule has 1 aliphatic rings. The first kappa shape index (κ1) is 22.3. The van der Waals surface area contributed by atoms with Gasteiger partial charge in [-0.2, -0.15) is 0 Å². The Labute approximate surface area is 192 Å². The van der Waals surface area contributed by atoms with Crippen LogP contribution in [0.15, 0.2) is 79.4 Å². The molecule has 1 saturated carbocycles. The second kappa shape index (κ2) is 10.6. The quantitative estimate of drug-likeness (QED) is 0.327. The van der Waals surface area contributed by atoms with Gasteiger partial charge in [-0.15, -0.1) is 6.58 Å². The van der Waals surface area contributed by atoms with E-state index in [2.05, 4.69) is 61.2 Å². The third kappa shape index (κ3) is 5.48. The van der Waals surface area contributed by atoms with E-state index in [1.165, 1.54) is 48.8 Å². The fourth-order valence-electron chi connectivity index (χ4n) is 4.76. The molecule has 32 heavy (non-hydrogen) atoms. The molecule has 0 bridgehead atoms. The van der Waals surface area contributed by atoms with Crippen molar-refractivity contribution < 1.29 is 9.13 Å². The van der Waals surface area contributed by atoms with Crippen LogP contribution in [-0.2, 0) is 6.42 Å². The van der Waals surface area contributed by atoms with Crippen LogP contribution < -0.4 is 4.74 Å². The van der Waals surface area contributed by atoms with E-state index in [0.29, 0.717) is 12.4 Å². The molecule has 0 unspecified atom stereocenters. The number of hydrogen-bond donors (Lipinski definition) is 0. The highest BCUT2D eigenvalue weighted by molar-refractivity contribution is 5.71. The summed E-state index contributed by atoms with van der Waals surface area (Å²) in [5, 5.41) is 0. The fourth-order valence-corrected chi connectivity index (χ4v) is 4.76. The number of hydrogen-bond acceptors (Lipinski definition) is 1. The summed E-state index contributed by atoms with van der Waals surface area (Å²) in [6.07, 6.45) is 9.90. The first-order valence-electron chi connectivity index (χ1n) is 11.9. The summed E-state index contributed by atoms with van der Waals surface area (Å²) in [7, 11) is 0. The zero-order valence-corrected chi connectivity index (χ0v) is 19.0. The van der Waals surface area contributed by atoms with Crippen molar-refractivity contribution in [2.45, 2.75) is 45.4 Å². The van der Waals surface area contributed by atoms with Gasteiger partial charge in [-0.3, -0.25) is 0 Å². The summed E-state index contributed by atoms with van der Waals surface area (Å²) < 4.78 is 19.5. The first-order valence-corrected chi connectivity index (χ1v) is 11.9. The second-order valence-electron chi connectivity index (χ2n) is 8.91. The van der Waals surface area contributed by atoms with Crippen LogP contribution in [-0.4, -0.2) is 6.61 Å². The van der Waals surface area contributed by atoms with Crippen molar-refractivity contribution in [3.05, 3.63) is 90.8 Å². The van der Waals surface area contributed by atoms with Gasteiger partial charge in [0, 0.05) is 0 Å². The summed E-state index contributed by atoms with van der Waals surface area (Å²) in [5.41, 5.74) is 5.66. The number of rotatable bonds is 8. The summed E-state index contributed by atoms with van der Waals surface area (Å²) in [5.74, 6) is 1.59. The molecule has 0 N–H and O–H groups in total. The van der Waals surface area contributed by atoms with E-state index in [4.69, 9.17) is 4.74 Å². The van der Waals surface area contributed by atoms with Crippen molar-refractivity contribution in [3.63, 3.8) is 0 Å². The molecule has 0 heterocycles. The Balaban J connectivity index is 1.36. The maximum atomic E-state index is 14.2. The number of allylic oxidation sites excluding steroid dienone is 1. The van der Waals surface area contributed by atoms with E-state index in [-0.39, 0.29) is 5.82 Å². The third-order valence-corrected chi connectivity index (χ3v) is 6.80. The molecule has 2 heteroatoms. The molecular weight excluding hydrogens is 395 g/mol. The van der Waals surface area contributed by atoms with Crippen molar-refractivity contribution in [2.24, 2.45) is 11.8 Å². The molecule has 3 aromatic rings. The molecule has 0 radical (unpaired) electrons. The van der Waals surface area contributed by atoms with Gasteiger partial charge in [0.1, 0.15) is 0 Å². The molecule has 0 atom stereocenters. The number of benzene rings is 3. The van der Waals surface area contributed by atoms with Crippen LogP contribution in [0.25, 0.3) is 22.3 Å². The van der Waals surface area contributed by atoms with Gasteiger partial charge in [-0.1, -0.05) is 60.7 Å². The highest BCUT2D eigenvalue weighted by Gasteiger charge is 2.18. The molecule has 3 aromatic carbocycles. The Morgan fingerprint density at radius 3 is 1.97 bits per heavy atom. The zero-order chi connectivity index (χ0) is 22.3. The molecule has 1 fully saturated rings. The Morgan fingerprint density at radius 2 is 1.41 bits per heavy atom. The molecular formula is C30H33FO. The normalized spacial score (nSPS) is 18.3. The topological polar surface area (TPSA) is 9.23 Å². The minimum Gasteiger partial charge on any atom is -0.491 e. The van der Waals surface area contributed by atoms with Crippen LogP contribution in [0.5, 0.6) is 5.75 Å². The lowest BCUT2D eigenvalue weighted by Crippen LogP contribution is -2.13. The van der Waals surface area contributed by atoms with E-state index < -0.39 is 0 Å². The SMILES string of the molecule is C=CC1CCC(CCc2ccc(-c3ccc(-c4ccc(OCC)c(F)c4)cc3)cc2)CC1. The largest absolute Gasteiger partial charge is 0.491 e. The van der Waals surface area contributed by atoms with E-state index >= 15 is 0 Å². The minimum absolute atomic E-state index is 0.303.